The minimum absolute atomic E-state index is 0.00606. The molecule has 2 aliphatic rings. The van der Waals surface area contributed by atoms with Gasteiger partial charge in [0.1, 0.15) is 6.04 Å². The summed E-state index contributed by atoms with van der Waals surface area (Å²) in [6.07, 6.45) is 0.935. The number of hydrogen-bond acceptors (Lipinski definition) is 4. The largest absolute Gasteiger partial charge is 0.341 e. The van der Waals surface area contributed by atoms with Crippen molar-refractivity contribution in [2.45, 2.75) is 25.4 Å². The lowest BCUT2D eigenvalue weighted by molar-refractivity contribution is -0.135. The van der Waals surface area contributed by atoms with Crippen LogP contribution in [0.4, 0.5) is 0 Å². The Balaban J connectivity index is 1.31. The molecular formula is C25H32N4O2. The van der Waals surface area contributed by atoms with Crippen LogP contribution in [0.25, 0.3) is 0 Å². The first-order chi connectivity index (χ1) is 15.0. The SMILES string of the molecule is CC(=O)NC(C(=O)N1CC2CN(CC[C@H](N)c3ccccc3)CC2C1)c1ccccc1. The first-order valence-corrected chi connectivity index (χ1v) is 11.1. The summed E-state index contributed by atoms with van der Waals surface area (Å²) in [7, 11) is 0. The molecule has 0 radical (unpaired) electrons. The highest BCUT2D eigenvalue weighted by molar-refractivity contribution is 5.88. The third kappa shape index (κ3) is 5.14. The minimum atomic E-state index is -0.613. The van der Waals surface area contributed by atoms with E-state index in [0.29, 0.717) is 11.8 Å². The molecule has 4 rings (SSSR count). The second-order valence-electron chi connectivity index (χ2n) is 8.87. The Hall–Kier alpha value is -2.70. The predicted octanol–water partition coefficient (Wildman–Crippen LogP) is 2.34. The fraction of sp³-hybridized carbons (Fsp3) is 0.440. The molecule has 0 aromatic heterocycles. The van der Waals surface area contributed by atoms with Crippen molar-refractivity contribution in [3.8, 4) is 0 Å². The lowest BCUT2D eigenvalue weighted by Crippen LogP contribution is -2.42. The maximum Gasteiger partial charge on any atom is 0.249 e. The van der Waals surface area contributed by atoms with Crippen LogP contribution < -0.4 is 11.1 Å². The number of carbonyl (C=O) groups excluding carboxylic acids is 2. The van der Waals surface area contributed by atoms with Gasteiger partial charge < -0.3 is 20.9 Å². The van der Waals surface area contributed by atoms with E-state index in [1.807, 2.05) is 53.4 Å². The molecule has 3 unspecified atom stereocenters. The molecule has 2 aromatic rings. The molecule has 0 spiro atoms. The van der Waals surface area contributed by atoms with Crippen molar-refractivity contribution in [1.29, 1.82) is 0 Å². The van der Waals surface area contributed by atoms with E-state index in [4.69, 9.17) is 5.73 Å². The summed E-state index contributed by atoms with van der Waals surface area (Å²) in [6.45, 7) is 5.97. The van der Waals surface area contributed by atoms with Gasteiger partial charge in [-0.1, -0.05) is 60.7 Å². The Kier molecular flexibility index (Phi) is 6.68. The number of carbonyl (C=O) groups is 2. The first kappa shape index (κ1) is 21.5. The van der Waals surface area contributed by atoms with E-state index in [-0.39, 0.29) is 17.9 Å². The number of benzene rings is 2. The molecule has 2 aromatic carbocycles. The molecule has 6 nitrogen and oxygen atoms in total. The van der Waals surface area contributed by atoms with Gasteiger partial charge in [0.05, 0.1) is 0 Å². The molecule has 2 aliphatic heterocycles. The van der Waals surface area contributed by atoms with Crippen LogP contribution in [-0.4, -0.2) is 54.3 Å². The fourth-order valence-electron chi connectivity index (χ4n) is 4.96. The third-order valence-corrected chi connectivity index (χ3v) is 6.59. The summed E-state index contributed by atoms with van der Waals surface area (Å²) in [5.41, 5.74) is 8.38. The van der Waals surface area contributed by atoms with Gasteiger partial charge in [-0.25, -0.2) is 0 Å². The van der Waals surface area contributed by atoms with Gasteiger partial charge in [0.25, 0.3) is 0 Å². The molecule has 2 saturated heterocycles. The fourth-order valence-corrected chi connectivity index (χ4v) is 4.96. The van der Waals surface area contributed by atoms with Gasteiger partial charge in [-0.2, -0.15) is 0 Å². The van der Waals surface area contributed by atoms with Crippen LogP contribution in [0.2, 0.25) is 0 Å². The second kappa shape index (κ2) is 9.62. The summed E-state index contributed by atoms with van der Waals surface area (Å²) in [5.74, 6) is 0.785. The number of nitrogens with two attached hydrogens (primary N) is 1. The highest BCUT2D eigenvalue weighted by atomic mass is 16.2. The first-order valence-electron chi connectivity index (χ1n) is 11.1. The molecule has 31 heavy (non-hydrogen) atoms. The molecule has 6 heteroatoms. The zero-order valence-corrected chi connectivity index (χ0v) is 18.1. The van der Waals surface area contributed by atoms with Gasteiger partial charge in [0.15, 0.2) is 0 Å². The molecule has 4 atom stereocenters. The number of nitrogens with one attached hydrogen (secondary N) is 1. The quantitative estimate of drug-likeness (QED) is 0.721. The number of amides is 2. The summed E-state index contributed by atoms with van der Waals surface area (Å²) < 4.78 is 0. The van der Waals surface area contributed by atoms with Crippen molar-refractivity contribution in [2.24, 2.45) is 17.6 Å². The van der Waals surface area contributed by atoms with Gasteiger partial charge in [0.2, 0.25) is 11.8 Å². The lowest BCUT2D eigenvalue weighted by Gasteiger charge is -2.26. The molecule has 0 bridgehead atoms. The molecule has 164 valence electrons. The van der Waals surface area contributed by atoms with Crippen LogP contribution in [0.5, 0.6) is 0 Å². The number of nitrogens with zero attached hydrogens (tertiary/aromatic N) is 2. The maximum absolute atomic E-state index is 13.2. The van der Waals surface area contributed by atoms with Gasteiger partial charge in [-0.15, -0.1) is 0 Å². The Morgan fingerprint density at radius 2 is 1.48 bits per heavy atom. The minimum Gasteiger partial charge on any atom is -0.341 e. The van der Waals surface area contributed by atoms with E-state index in [9.17, 15) is 9.59 Å². The van der Waals surface area contributed by atoms with Crippen LogP contribution in [0, 0.1) is 11.8 Å². The molecular weight excluding hydrogens is 388 g/mol. The van der Waals surface area contributed by atoms with Crippen molar-refractivity contribution >= 4 is 11.8 Å². The van der Waals surface area contributed by atoms with E-state index >= 15 is 0 Å². The van der Waals surface area contributed by atoms with Crippen LogP contribution in [-0.2, 0) is 9.59 Å². The molecule has 2 fully saturated rings. The van der Waals surface area contributed by atoms with Crippen molar-refractivity contribution in [2.75, 3.05) is 32.7 Å². The number of likely N-dealkylation sites (tertiary alicyclic amines) is 2. The van der Waals surface area contributed by atoms with E-state index in [0.717, 1.165) is 44.7 Å². The van der Waals surface area contributed by atoms with E-state index < -0.39 is 6.04 Å². The second-order valence-corrected chi connectivity index (χ2v) is 8.87. The maximum atomic E-state index is 13.2. The highest BCUT2D eigenvalue weighted by Gasteiger charge is 2.43. The molecule has 3 N–H and O–H groups in total. The van der Waals surface area contributed by atoms with Crippen molar-refractivity contribution in [1.82, 2.24) is 15.1 Å². The molecule has 2 heterocycles. The topological polar surface area (TPSA) is 78.7 Å². The number of hydrogen-bond donors (Lipinski definition) is 2. The van der Waals surface area contributed by atoms with Gasteiger partial charge in [-0.3, -0.25) is 9.59 Å². The highest BCUT2D eigenvalue weighted by Crippen LogP contribution is 2.33. The Morgan fingerprint density at radius 3 is 2.03 bits per heavy atom. The smallest absolute Gasteiger partial charge is 0.249 e. The average molecular weight is 421 g/mol. The van der Waals surface area contributed by atoms with Gasteiger partial charge >= 0.3 is 0 Å². The van der Waals surface area contributed by atoms with Crippen molar-refractivity contribution in [3.05, 3.63) is 71.8 Å². The summed E-state index contributed by atoms with van der Waals surface area (Å²) in [6, 6.07) is 19.2. The third-order valence-electron chi connectivity index (χ3n) is 6.59. The van der Waals surface area contributed by atoms with Gasteiger partial charge in [-0.05, 0) is 35.9 Å². The van der Waals surface area contributed by atoms with E-state index in [2.05, 4.69) is 22.3 Å². The number of fused-ring (bicyclic) bond motifs is 1. The molecule has 0 saturated carbocycles. The number of rotatable bonds is 7. The zero-order valence-electron chi connectivity index (χ0n) is 18.1. The summed E-state index contributed by atoms with van der Waals surface area (Å²) in [4.78, 5) is 29.4. The van der Waals surface area contributed by atoms with Crippen LogP contribution in [0.15, 0.2) is 60.7 Å². The average Bonchev–Trinajstić information content (AvgIpc) is 3.35. The monoisotopic (exact) mass is 420 g/mol. The Labute approximate surface area is 184 Å². The van der Waals surface area contributed by atoms with Crippen LogP contribution in [0.1, 0.15) is 36.6 Å². The van der Waals surface area contributed by atoms with Crippen LogP contribution >= 0.6 is 0 Å². The van der Waals surface area contributed by atoms with E-state index in [1.54, 1.807) is 0 Å². The predicted molar refractivity (Wildman–Crippen MR) is 121 cm³/mol. The van der Waals surface area contributed by atoms with E-state index in [1.165, 1.54) is 12.5 Å². The van der Waals surface area contributed by atoms with Gasteiger partial charge in [0, 0.05) is 39.1 Å². The van der Waals surface area contributed by atoms with Crippen molar-refractivity contribution < 1.29 is 9.59 Å². The van der Waals surface area contributed by atoms with Crippen LogP contribution in [0.3, 0.4) is 0 Å². The summed E-state index contributed by atoms with van der Waals surface area (Å²) in [5, 5.41) is 2.84. The molecule has 0 aliphatic carbocycles. The zero-order chi connectivity index (χ0) is 21.8. The summed E-state index contributed by atoms with van der Waals surface area (Å²) >= 11 is 0. The molecule has 2 amide bonds. The Morgan fingerprint density at radius 1 is 0.935 bits per heavy atom. The normalized spacial score (nSPS) is 22.7. The standard InChI is InChI=1S/C25H32N4O2/c1-18(30)27-24(20-10-6-3-7-11-20)25(31)29-16-21-14-28(15-22(21)17-29)13-12-23(26)19-8-4-2-5-9-19/h2-11,21-24H,12-17,26H2,1H3,(H,27,30)/t21?,22?,23-,24?/m0/s1. The van der Waals surface area contributed by atoms with Crippen molar-refractivity contribution in [3.63, 3.8) is 0 Å². The lowest BCUT2D eigenvalue weighted by atomic mass is 10.0. The Bertz CT molecular complexity index is 875.